The van der Waals surface area contributed by atoms with E-state index in [1.807, 2.05) is 6.07 Å². The Hall–Kier alpha value is -0.780. The van der Waals surface area contributed by atoms with Crippen molar-refractivity contribution in [1.82, 2.24) is 15.1 Å². The van der Waals surface area contributed by atoms with E-state index in [-0.39, 0.29) is 30.2 Å². The van der Waals surface area contributed by atoms with Crippen LogP contribution < -0.4 is 5.73 Å². The van der Waals surface area contributed by atoms with E-state index in [1.165, 1.54) is 25.0 Å². The number of H-pyrrole nitrogens is 1. The molecule has 1 aliphatic heterocycles. The van der Waals surface area contributed by atoms with Crippen LogP contribution in [0.4, 0.5) is 0 Å². The zero-order valence-electron chi connectivity index (χ0n) is 14.2. The summed E-state index contributed by atoms with van der Waals surface area (Å²) in [6.45, 7) is 2.38. The van der Waals surface area contributed by atoms with Crippen molar-refractivity contribution in [2.24, 2.45) is 11.1 Å². The average Bonchev–Trinajstić information content (AvgIpc) is 3.10. The van der Waals surface area contributed by atoms with Crippen LogP contribution in [-0.2, 0) is 4.79 Å². The summed E-state index contributed by atoms with van der Waals surface area (Å²) in [5, 5.41) is 7.09. The lowest BCUT2D eigenvalue weighted by Crippen LogP contribution is -2.43. The molecule has 2 fully saturated rings. The molecule has 0 unspecified atom stereocenters. The normalized spacial score (nSPS) is 20.8. The van der Waals surface area contributed by atoms with Crippen LogP contribution in [0.3, 0.4) is 0 Å². The van der Waals surface area contributed by atoms with Crippen LogP contribution in [0.15, 0.2) is 12.3 Å². The molecule has 3 N–H and O–H groups in total. The Bertz CT molecular complexity index is 481. The number of hydrogen-bond acceptors (Lipinski definition) is 3. The van der Waals surface area contributed by atoms with Crippen LogP contribution in [0.2, 0.25) is 0 Å². The summed E-state index contributed by atoms with van der Waals surface area (Å²) in [6, 6.07) is 2.05. The van der Waals surface area contributed by atoms with Crippen LogP contribution in [0.25, 0.3) is 0 Å². The monoisotopic (exact) mass is 376 g/mol. The standard InChI is InChI=1S/C17H28N4O.2ClH/c18-13-17(7-2-1-3-8-17)12-16(22)21-10-5-14(6-11-21)15-4-9-19-20-15;;/h4,9,14H,1-3,5-8,10-13,18H2,(H,19,20);2*1H. The van der Waals surface area contributed by atoms with Gasteiger partial charge in [0.2, 0.25) is 5.91 Å². The van der Waals surface area contributed by atoms with Gasteiger partial charge in [0.15, 0.2) is 0 Å². The zero-order chi connectivity index (χ0) is 15.4. The third-order valence-corrected chi connectivity index (χ3v) is 5.68. The number of carbonyl (C=O) groups is 1. The Kier molecular flexibility index (Phi) is 8.54. The van der Waals surface area contributed by atoms with E-state index in [9.17, 15) is 4.79 Å². The minimum atomic E-state index is 0. The van der Waals surface area contributed by atoms with Gasteiger partial charge in [-0.1, -0.05) is 19.3 Å². The lowest BCUT2D eigenvalue weighted by molar-refractivity contribution is -0.135. The van der Waals surface area contributed by atoms with Gasteiger partial charge in [-0.25, -0.2) is 0 Å². The molecular formula is C17H30Cl2N4O. The third-order valence-electron chi connectivity index (χ3n) is 5.68. The Morgan fingerprint density at radius 2 is 1.92 bits per heavy atom. The molecule has 0 atom stereocenters. The molecule has 3 rings (SSSR count). The molecule has 5 nitrogen and oxygen atoms in total. The highest BCUT2D eigenvalue weighted by Crippen LogP contribution is 2.39. The first-order chi connectivity index (χ1) is 10.7. The van der Waals surface area contributed by atoms with Gasteiger partial charge in [-0.2, -0.15) is 5.10 Å². The second-order valence-electron chi connectivity index (χ2n) is 7.11. The Morgan fingerprint density at radius 3 is 2.46 bits per heavy atom. The first-order valence-electron chi connectivity index (χ1n) is 8.70. The van der Waals surface area contributed by atoms with Crippen molar-refractivity contribution in [3.05, 3.63) is 18.0 Å². The highest BCUT2D eigenvalue weighted by Gasteiger charge is 2.35. The number of nitrogens with zero attached hydrogens (tertiary/aromatic N) is 2. The molecule has 1 aliphatic carbocycles. The van der Waals surface area contributed by atoms with Gasteiger partial charge in [-0.05, 0) is 43.7 Å². The highest BCUT2D eigenvalue weighted by atomic mass is 35.5. The minimum Gasteiger partial charge on any atom is -0.343 e. The Morgan fingerprint density at radius 1 is 1.25 bits per heavy atom. The van der Waals surface area contributed by atoms with Gasteiger partial charge in [0.1, 0.15) is 0 Å². The van der Waals surface area contributed by atoms with Gasteiger partial charge in [0.05, 0.1) is 0 Å². The number of aromatic nitrogens is 2. The quantitative estimate of drug-likeness (QED) is 0.846. The van der Waals surface area contributed by atoms with Crippen molar-refractivity contribution in [2.75, 3.05) is 19.6 Å². The number of nitrogens with two attached hydrogens (primary N) is 1. The second kappa shape index (κ2) is 9.64. The summed E-state index contributed by atoms with van der Waals surface area (Å²) in [5.41, 5.74) is 7.31. The number of nitrogens with one attached hydrogen (secondary N) is 1. The van der Waals surface area contributed by atoms with Crippen molar-refractivity contribution in [3.63, 3.8) is 0 Å². The molecule has 0 spiro atoms. The Labute approximate surface area is 156 Å². The molecule has 1 aromatic rings. The molecule has 24 heavy (non-hydrogen) atoms. The summed E-state index contributed by atoms with van der Waals surface area (Å²) in [7, 11) is 0. The smallest absolute Gasteiger partial charge is 0.223 e. The number of piperidine rings is 1. The molecule has 2 heterocycles. The van der Waals surface area contributed by atoms with Crippen LogP contribution in [0.5, 0.6) is 0 Å². The van der Waals surface area contributed by atoms with Crippen molar-refractivity contribution < 1.29 is 4.79 Å². The largest absolute Gasteiger partial charge is 0.343 e. The van der Waals surface area contributed by atoms with E-state index in [4.69, 9.17) is 5.73 Å². The number of hydrogen-bond donors (Lipinski definition) is 2. The van der Waals surface area contributed by atoms with E-state index in [1.54, 1.807) is 6.20 Å². The van der Waals surface area contributed by atoms with Gasteiger partial charge >= 0.3 is 0 Å². The number of aromatic amines is 1. The fraction of sp³-hybridized carbons (Fsp3) is 0.765. The van der Waals surface area contributed by atoms with Crippen molar-refractivity contribution in [1.29, 1.82) is 0 Å². The second-order valence-corrected chi connectivity index (χ2v) is 7.11. The van der Waals surface area contributed by atoms with Crippen molar-refractivity contribution in [2.45, 2.75) is 57.3 Å². The summed E-state index contributed by atoms with van der Waals surface area (Å²) >= 11 is 0. The molecule has 1 amide bonds. The fourth-order valence-electron chi connectivity index (χ4n) is 4.12. The molecule has 0 radical (unpaired) electrons. The summed E-state index contributed by atoms with van der Waals surface area (Å²) in [6.07, 6.45) is 10.5. The summed E-state index contributed by atoms with van der Waals surface area (Å²) in [4.78, 5) is 14.7. The fourth-order valence-corrected chi connectivity index (χ4v) is 4.12. The van der Waals surface area contributed by atoms with Crippen LogP contribution >= 0.6 is 24.8 Å². The number of amides is 1. The molecule has 1 saturated heterocycles. The molecule has 138 valence electrons. The van der Waals surface area contributed by atoms with E-state index >= 15 is 0 Å². The molecular weight excluding hydrogens is 347 g/mol. The molecule has 2 aliphatic rings. The topological polar surface area (TPSA) is 75.0 Å². The average molecular weight is 377 g/mol. The number of likely N-dealkylation sites (tertiary alicyclic amines) is 1. The predicted molar refractivity (Wildman–Crippen MR) is 101 cm³/mol. The molecule has 0 bridgehead atoms. The van der Waals surface area contributed by atoms with Crippen LogP contribution in [0.1, 0.15) is 63.0 Å². The lowest BCUT2D eigenvalue weighted by Gasteiger charge is -2.39. The molecule has 7 heteroatoms. The maximum absolute atomic E-state index is 12.7. The maximum atomic E-state index is 12.7. The zero-order valence-corrected chi connectivity index (χ0v) is 15.8. The SMILES string of the molecule is Cl.Cl.NCC1(CC(=O)N2CCC(c3ccn[nH]3)CC2)CCCCC1. The van der Waals surface area contributed by atoms with Crippen LogP contribution in [0, 0.1) is 5.41 Å². The maximum Gasteiger partial charge on any atom is 0.223 e. The van der Waals surface area contributed by atoms with E-state index in [0.29, 0.717) is 24.8 Å². The van der Waals surface area contributed by atoms with E-state index in [2.05, 4.69) is 15.1 Å². The number of carbonyl (C=O) groups excluding carboxylic acids is 1. The molecule has 1 aromatic heterocycles. The summed E-state index contributed by atoms with van der Waals surface area (Å²) in [5.74, 6) is 0.833. The van der Waals surface area contributed by atoms with Gasteiger partial charge in [0, 0.05) is 37.3 Å². The van der Waals surface area contributed by atoms with Crippen LogP contribution in [-0.4, -0.2) is 40.6 Å². The summed E-state index contributed by atoms with van der Waals surface area (Å²) < 4.78 is 0. The van der Waals surface area contributed by atoms with Gasteiger partial charge in [-0.15, -0.1) is 24.8 Å². The first kappa shape index (κ1) is 21.3. The van der Waals surface area contributed by atoms with Crippen molar-refractivity contribution >= 4 is 30.7 Å². The molecule has 0 aromatic carbocycles. The van der Waals surface area contributed by atoms with E-state index < -0.39 is 0 Å². The van der Waals surface area contributed by atoms with Gasteiger partial charge in [-0.3, -0.25) is 9.89 Å². The highest BCUT2D eigenvalue weighted by molar-refractivity contribution is 5.85. The molecule has 1 saturated carbocycles. The lowest BCUT2D eigenvalue weighted by atomic mass is 9.71. The van der Waals surface area contributed by atoms with Gasteiger partial charge in [0.25, 0.3) is 0 Å². The first-order valence-corrected chi connectivity index (χ1v) is 8.70. The van der Waals surface area contributed by atoms with Crippen molar-refractivity contribution in [3.8, 4) is 0 Å². The minimum absolute atomic E-state index is 0. The number of halogens is 2. The van der Waals surface area contributed by atoms with E-state index in [0.717, 1.165) is 38.8 Å². The third kappa shape index (κ3) is 4.87. The predicted octanol–water partition coefficient (Wildman–Crippen LogP) is 3.26. The Balaban J connectivity index is 0.00000144. The van der Waals surface area contributed by atoms with Gasteiger partial charge < -0.3 is 10.6 Å². The number of rotatable bonds is 4.